The molecule has 35 heavy (non-hydrogen) atoms. The molecular weight excluding hydrogens is 436 g/mol. The maximum atomic E-state index is 13.6. The second-order valence-electron chi connectivity index (χ2n) is 8.90. The molecule has 0 radical (unpaired) electrons. The van der Waals surface area contributed by atoms with Crippen molar-refractivity contribution < 1.29 is 14.3 Å². The number of nitrogens with zero attached hydrogens (tertiary/aromatic N) is 1. The van der Waals surface area contributed by atoms with Gasteiger partial charge in [-0.25, -0.2) is 0 Å². The van der Waals surface area contributed by atoms with Gasteiger partial charge in [0.05, 0.1) is 0 Å². The number of unbranched alkanes of at least 4 members (excludes halogenated alkanes) is 1. The number of nitrogens with one attached hydrogen (secondary N) is 1. The van der Waals surface area contributed by atoms with Gasteiger partial charge in [0.1, 0.15) is 11.8 Å². The number of rotatable bonds is 12. The molecule has 1 atom stereocenters. The van der Waals surface area contributed by atoms with Crippen LogP contribution >= 0.6 is 0 Å². The van der Waals surface area contributed by atoms with Gasteiger partial charge in [0.2, 0.25) is 5.91 Å². The zero-order chi connectivity index (χ0) is 25.0. The van der Waals surface area contributed by atoms with Crippen LogP contribution < -0.4 is 10.1 Å². The normalized spacial score (nSPS) is 11.5. The van der Waals surface area contributed by atoms with E-state index in [2.05, 4.69) is 12.2 Å². The molecule has 0 aliphatic rings. The van der Waals surface area contributed by atoms with Crippen LogP contribution in [0.15, 0.2) is 78.9 Å². The molecule has 0 aromatic heterocycles. The number of carbonyl (C=O) groups excluding carboxylic acids is 2. The standard InChI is InChI=1S/C30H36N2O3/c1-4-5-19-31-30(34)28(20-25-12-7-6-8-13-25)32(21-26-14-10-9-11-24(26)3)29(33)22-35-27-17-15-23(2)16-18-27/h6-18,28H,4-5,19-22H2,1-3H3,(H,31,34)/t28-/m0/s1. The molecule has 3 aromatic carbocycles. The van der Waals surface area contributed by atoms with Crippen LogP contribution in [0.1, 0.15) is 42.0 Å². The van der Waals surface area contributed by atoms with Crippen molar-refractivity contribution in [1.82, 2.24) is 10.2 Å². The fraction of sp³-hybridized carbons (Fsp3) is 0.333. The highest BCUT2D eigenvalue weighted by Crippen LogP contribution is 2.18. The maximum absolute atomic E-state index is 13.6. The van der Waals surface area contributed by atoms with Gasteiger partial charge in [0.15, 0.2) is 6.61 Å². The van der Waals surface area contributed by atoms with E-state index in [-0.39, 0.29) is 18.4 Å². The molecular formula is C30H36N2O3. The Bertz CT molecular complexity index is 1080. The van der Waals surface area contributed by atoms with Crippen molar-refractivity contribution in [3.8, 4) is 5.75 Å². The van der Waals surface area contributed by atoms with Gasteiger partial charge in [-0.2, -0.15) is 0 Å². The summed E-state index contributed by atoms with van der Waals surface area (Å²) >= 11 is 0. The lowest BCUT2D eigenvalue weighted by molar-refractivity contribution is -0.142. The molecule has 0 aliphatic carbocycles. The number of aryl methyl sites for hydroxylation is 2. The van der Waals surface area contributed by atoms with Crippen molar-refractivity contribution in [3.05, 3.63) is 101 Å². The Kier molecular flexibility index (Phi) is 9.91. The molecule has 5 heteroatoms. The Morgan fingerprint density at radius 1 is 0.914 bits per heavy atom. The molecule has 184 valence electrons. The first-order valence-electron chi connectivity index (χ1n) is 12.3. The number of carbonyl (C=O) groups is 2. The van der Waals surface area contributed by atoms with E-state index < -0.39 is 6.04 Å². The van der Waals surface area contributed by atoms with Gasteiger partial charge in [-0.15, -0.1) is 0 Å². The van der Waals surface area contributed by atoms with Gasteiger partial charge in [-0.3, -0.25) is 9.59 Å². The Balaban J connectivity index is 1.88. The van der Waals surface area contributed by atoms with E-state index >= 15 is 0 Å². The van der Waals surface area contributed by atoms with E-state index in [9.17, 15) is 9.59 Å². The maximum Gasteiger partial charge on any atom is 0.261 e. The first-order chi connectivity index (χ1) is 17.0. The average molecular weight is 473 g/mol. The zero-order valence-electron chi connectivity index (χ0n) is 21.0. The van der Waals surface area contributed by atoms with Gasteiger partial charge in [0, 0.05) is 19.5 Å². The summed E-state index contributed by atoms with van der Waals surface area (Å²) in [5.74, 6) is 0.270. The molecule has 3 aromatic rings. The molecule has 5 nitrogen and oxygen atoms in total. The molecule has 3 rings (SSSR count). The molecule has 2 amide bonds. The Hall–Kier alpha value is -3.60. The average Bonchev–Trinajstić information content (AvgIpc) is 2.87. The van der Waals surface area contributed by atoms with Crippen LogP contribution in [-0.2, 0) is 22.6 Å². The van der Waals surface area contributed by atoms with Crippen LogP contribution in [0.5, 0.6) is 5.75 Å². The summed E-state index contributed by atoms with van der Waals surface area (Å²) in [4.78, 5) is 28.7. The van der Waals surface area contributed by atoms with Crippen molar-refractivity contribution >= 4 is 11.8 Å². The minimum atomic E-state index is -0.650. The smallest absolute Gasteiger partial charge is 0.261 e. The zero-order valence-corrected chi connectivity index (χ0v) is 21.0. The minimum Gasteiger partial charge on any atom is -0.484 e. The first-order valence-corrected chi connectivity index (χ1v) is 12.3. The molecule has 0 aliphatic heterocycles. The lowest BCUT2D eigenvalue weighted by Gasteiger charge is -2.32. The van der Waals surface area contributed by atoms with Gasteiger partial charge in [-0.05, 0) is 49.1 Å². The molecule has 0 unspecified atom stereocenters. The summed E-state index contributed by atoms with van der Waals surface area (Å²) < 4.78 is 5.83. The first kappa shape index (κ1) is 26.0. The van der Waals surface area contributed by atoms with Crippen molar-refractivity contribution in [2.45, 2.75) is 52.6 Å². The number of ether oxygens (including phenoxy) is 1. The fourth-order valence-corrected chi connectivity index (χ4v) is 3.89. The summed E-state index contributed by atoms with van der Waals surface area (Å²) in [5, 5.41) is 3.05. The van der Waals surface area contributed by atoms with Crippen molar-refractivity contribution in [2.75, 3.05) is 13.2 Å². The molecule has 0 bridgehead atoms. The van der Waals surface area contributed by atoms with E-state index in [1.807, 2.05) is 92.7 Å². The highest BCUT2D eigenvalue weighted by Gasteiger charge is 2.30. The third kappa shape index (κ3) is 7.99. The van der Waals surface area contributed by atoms with E-state index in [1.165, 1.54) is 0 Å². The van der Waals surface area contributed by atoms with Gasteiger partial charge >= 0.3 is 0 Å². The van der Waals surface area contributed by atoms with Crippen LogP contribution in [0, 0.1) is 13.8 Å². The van der Waals surface area contributed by atoms with Crippen molar-refractivity contribution in [1.29, 1.82) is 0 Å². The summed E-state index contributed by atoms with van der Waals surface area (Å²) in [7, 11) is 0. The summed E-state index contributed by atoms with van der Waals surface area (Å²) in [6, 6.07) is 24.8. The van der Waals surface area contributed by atoms with E-state index in [0.717, 1.165) is 35.1 Å². The van der Waals surface area contributed by atoms with Crippen LogP contribution in [0.3, 0.4) is 0 Å². The Morgan fingerprint density at radius 3 is 2.29 bits per heavy atom. The molecule has 0 spiro atoms. The van der Waals surface area contributed by atoms with Crippen LogP contribution in [0.25, 0.3) is 0 Å². The van der Waals surface area contributed by atoms with Crippen LogP contribution in [-0.4, -0.2) is 35.9 Å². The Labute approximate surface area is 209 Å². The topological polar surface area (TPSA) is 58.6 Å². The number of amides is 2. The van der Waals surface area contributed by atoms with Crippen LogP contribution in [0.4, 0.5) is 0 Å². The summed E-state index contributed by atoms with van der Waals surface area (Å²) in [6.07, 6.45) is 2.31. The monoisotopic (exact) mass is 472 g/mol. The molecule has 1 N–H and O–H groups in total. The van der Waals surface area contributed by atoms with Gasteiger partial charge < -0.3 is 15.0 Å². The SMILES string of the molecule is CCCCNC(=O)[C@H](Cc1ccccc1)N(Cc1ccccc1C)C(=O)COc1ccc(C)cc1. The molecule has 0 fully saturated rings. The largest absolute Gasteiger partial charge is 0.484 e. The minimum absolute atomic E-state index is 0.136. The van der Waals surface area contributed by atoms with E-state index in [1.54, 1.807) is 4.90 Å². The second-order valence-corrected chi connectivity index (χ2v) is 8.90. The van der Waals surface area contributed by atoms with E-state index in [4.69, 9.17) is 4.74 Å². The highest BCUT2D eigenvalue weighted by molar-refractivity contribution is 5.88. The predicted octanol–water partition coefficient (Wildman–Crippen LogP) is 5.24. The lowest BCUT2D eigenvalue weighted by atomic mass is 10.0. The number of hydrogen-bond acceptors (Lipinski definition) is 3. The Morgan fingerprint density at radius 2 is 1.60 bits per heavy atom. The highest BCUT2D eigenvalue weighted by atomic mass is 16.5. The van der Waals surface area contributed by atoms with Crippen LogP contribution in [0.2, 0.25) is 0 Å². The summed E-state index contributed by atoms with van der Waals surface area (Å²) in [6.45, 7) is 6.90. The predicted molar refractivity (Wildman–Crippen MR) is 140 cm³/mol. The third-order valence-corrected chi connectivity index (χ3v) is 6.09. The lowest BCUT2D eigenvalue weighted by Crippen LogP contribution is -2.52. The second kappa shape index (κ2) is 13.3. The van der Waals surface area contributed by atoms with Gasteiger partial charge in [0.25, 0.3) is 5.91 Å². The molecule has 0 saturated carbocycles. The van der Waals surface area contributed by atoms with Gasteiger partial charge in [-0.1, -0.05) is 85.6 Å². The van der Waals surface area contributed by atoms with E-state index in [0.29, 0.717) is 25.3 Å². The number of hydrogen-bond donors (Lipinski definition) is 1. The third-order valence-electron chi connectivity index (χ3n) is 6.09. The quantitative estimate of drug-likeness (QED) is 0.367. The van der Waals surface area contributed by atoms with Crippen molar-refractivity contribution in [3.63, 3.8) is 0 Å². The number of benzene rings is 3. The summed E-state index contributed by atoms with van der Waals surface area (Å²) in [5.41, 5.74) is 4.21. The fourth-order valence-electron chi connectivity index (χ4n) is 3.89. The van der Waals surface area contributed by atoms with Crippen molar-refractivity contribution in [2.24, 2.45) is 0 Å². The molecule has 0 saturated heterocycles. The molecule has 0 heterocycles.